The summed E-state index contributed by atoms with van der Waals surface area (Å²) >= 11 is 0. The molecule has 32 heavy (non-hydrogen) atoms. The van der Waals surface area contributed by atoms with E-state index in [0.717, 1.165) is 29.4 Å². The van der Waals surface area contributed by atoms with Crippen LogP contribution in [0.1, 0.15) is 24.6 Å². The average Bonchev–Trinajstić information content (AvgIpc) is 3.48. The molecule has 4 heterocycles. The number of rotatable bonds is 4. The molecule has 0 fully saturated rings. The molecule has 2 aliphatic heterocycles. The first-order valence-corrected chi connectivity index (χ1v) is 9.97. The maximum Gasteiger partial charge on any atom is 0.586 e. The summed E-state index contributed by atoms with van der Waals surface area (Å²) in [6.07, 6.45) is -2.10. The van der Waals surface area contributed by atoms with Gasteiger partial charge in [-0.25, -0.2) is 0 Å². The van der Waals surface area contributed by atoms with Gasteiger partial charge in [-0.2, -0.15) is 4.98 Å². The number of aliphatic carboxylic acids is 1. The van der Waals surface area contributed by atoms with Crippen LogP contribution in [-0.2, 0) is 11.2 Å². The standard InChI is InChI=1S/C22H15F2N3O5/c23-22(24)30-17-3-1-2-15(19(17)31-22)21-25-20(26-32-21)12-5-4-11-8-13-6-7-14(10-18(28)29)27(13)16(11)9-12/h1-5,8-9,14H,6-7,10H2,(H,28,29). The number of ether oxygens (including phenoxy) is 2. The molecule has 2 aromatic heterocycles. The second-order valence-electron chi connectivity index (χ2n) is 7.79. The third-order valence-electron chi connectivity index (χ3n) is 5.77. The van der Waals surface area contributed by atoms with Crippen LogP contribution in [0, 0.1) is 0 Å². The van der Waals surface area contributed by atoms with Crippen LogP contribution in [-0.4, -0.2) is 32.1 Å². The minimum Gasteiger partial charge on any atom is -0.481 e. The Morgan fingerprint density at radius 3 is 2.94 bits per heavy atom. The van der Waals surface area contributed by atoms with Gasteiger partial charge in [0.1, 0.15) is 0 Å². The van der Waals surface area contributed by atoms with E-state index < -0.39 is 12.3 Å². The Hall–Kier alpha value is -3.95. The summed E-state index contributed by atoms with van der Waals surface area (Å²) in [6.45, 7) is 0. The van der Waals surface area contributed by atoms with Crippen molar-refractivity contribution in [2.75, 3.05) is 0 Å². The number of alkyl halides is 2. The van der Waals surface area contributed by atoms with E-state index >= 15 is 0 Å². The van der Waals surface area contributed by atoms with Gasteiger partial charge in [-0.05, 0) is 42.5 Å². The molecule has 0 saturated heterocycles. The molecule has 0 saturated carbocycles. The first-order chi connectivity index (χ1) is 15.4. The second kappa shape index (κ2) is 6.52. The lowest BCUT2D eigenvalue weighted by Crippen LogP contribution is -2.26. The minimum atomic E-state index is -3.76. The van der Waals surface area contributed by atoms with Crippen LogP contribution >= 0.6 is 0 Å². The number of aromatic nitrogens is 3. The lowest BCUT2D eigenvalue weighted by atomic mass is 10.1. The van der Waals surface area contributed by atoms with Gasteiger partial charge >= 0.3 is 12.3 Å². The zero-order chi connectivity index (χ0) is 22.0. The summed E-state index contributed by atoms with van der Waals surface area (Å²) in [5.41, 5.74) is 2.84. The van der Waals surface area contributed by atoms with Crippen molar-refractivity contribution in [3.8, 4) is 34.3 Å². The van der Waals surface area contributed by atoms with Crippen LogP contribution in [0.15, 0.2) is 47.0 Å². The summed E-state index contributed by atoms with van der Waals surface area (Å²) in [5, 5.41) is 14.2. The number of para-hydroxylation sites is 1. The lowest BCUT2D eigenvalue weighted by molar-refractivity contribution is -0.286. The molecule has 8 nitrogen and oxygen atoms in total. The number of nitrogens with zero attached hydrogens (tertiary/aromatic N) is 3. The first-order valence-electron chi connectivity index (χ1n) is 9.97. The highest BCUT2D eigenvalue weighted by molar-refractivity contribution is 5.86. The van der Waals surface area contributed by atoms with Crippen LogP contribution in [0.3, 0.4) is 0 Å². The fraction of sp³-hybridized carbons (Fsp3) is 0.227. The largest absolute Gasteiger partial charge is 0.586 e. The van der Waals surface area contributed by atoms with Gasteiger partial charge in [-0.3, -0.25) is 4.79 Å². The number of halogens is 2. The van der Waals surface area contributed by atoms with Gasteiger partial charge in [0, 0.05) is 22.8 Å². The van der Waals surface area contributed by atoms with Gasteiger partial charge in [0.15, 0.2) is 11.5 Å². The van der Waals surface area contributed by atoms with Crippen molar-refractivity contribution in [1.82, 2.24) is 14.7 Å². The smallest absolute Gasteiger partial charge is 0.481 e. The zero-order valence-electron chi connectivity index (χ0n) is 16.4. The van der Waals surface area contributed by atoms with Crippen molar-refractivity contribution in [2.45, 2.75) is 31.6 Å². The number of carbonyl (C=O) groups is 1. The van der Waals surface area contributed by atoms with Crippen molar-refractivity contribution in [3.05, 3.63) is 48.2 Å². The molecule has 1 atom stereocenters. The molecular weight excluding hydrogens is 424 g/mol. The Labute approximate surface area is 179 Å². The van der Waals surface area contributed by atoms with Crippen LogP contribution in [0.25, 0.3) is 33.7 Å². The van der Waals surface area contributed by atoms with E-state index in [9.17, 15) is 18.7 Å². The number of carboxylic acid groups (broad SMARTS) is 1. The molecule has 6 rings (SSSR count). The summed E-state index contributed by atoms with van der Waals surface area (Å²) in [4.78, 5) is 15.6. The quantitative estimate of drug-likeness (QED) is 0.494. The van der Waals surface area contributed by atoms with E-state index in [0.29, 0.717) is 5.56 Å². The Bertz CT molecular complexity index is 1390. The predicted molar refractivity (Wildman–Crippen MR) is 106 cm³/mol. The van der Waals surface area contributed by atoms with Crippen LogP contribution in [0.4, 0.5) is 8.78 Å². The topological polar surface area (TPSA) is 99.6 Å². The van der Waals surface area contributed by atoms with Gasteiger partial charge in [0.2, 0.25) is 5.82 Å². The minimum absolute atomic E-state index is 0.0161. The SMILES string of the molecule is O=C(O)CC1CCc2cc3ccc(-c4noc(-c5cccc6c5OC(F)(F)O6)n4)cc3n21. The Morgan fingerprint density at radius 2 is 2.09 bits per heavy atom. The molecular formula is C22H15F2N3O5. The van der Waals surface area contributed by atoms with Gasteiger partial charge < -0.3 is 23.7 Å². The fourth-order valence-electron chi connectivity index (χ4n) is 4.47. The Balaban J connectivity index is 1.39. The third-order valence-corrected chi connectivity index (χ3v) is 5.77. The fourth-order valence-corrected chi connectivity index (χ4v) is 4.47. The summed E-state index contributed by atoms with van der Waals surface area (Å²) < 4.78 is 43.5. The number of hydrogen-bond acceptors (Lipinski definition) is 6. The van der Waals surface area contributed by atoms with E-state index in [1.807, 2.05) is 18.2 Å². The van der Waals surface area contributed by atoms with Crippen molar-refractivity contribution < 1.29 is 32.7 Å². The number of benzene rings is 2. The van der Waals surface area contributed by atoms with Crippen LogP contribution in [0.5, 0.6) is 11.5 Å². The van der Waals surface area contributed by atoms with E-state index in [1.165, 1.54) is 18.2 Å². The Morgan fingerprint density at radius 1 is 1.22 bits per heavy atom. The molecule has 2 aromatic carbocycles. The van der Waals surface area contributed by atoms with Gasteiger partial charge in [0.25, 0.3) is 5.89 Å². The first kappa shape index (κ1) is 18.8. The predicted octanol–water partition coefficient (Wildman–Crippen LogP) is 4.64. The van der Waals surface area contributed by atoms with Gasteiger partial charge in [0.05, 0.1) is 12.0 Å². The summed E-state index contributed by atoms with van der Waals surface area (Å²) in [7, 11) is 0. The van der Waals surface area contributed by atoms with Crippen molar-refractivity contribution in [2.24, 2.45) is 0 Å². The second-order valence-corrected chi connectivity index (χ2v) is 7.79. The summed E-state index contributed by atoms with van der Waals surface area (Å²) in [6, 6.07) is 12.0. The van der Waals surface area contributed by atoms with Crippen molar-refractivity contribution >= 4 is 16.9 Å². The third kappa shape index (κ3) is 2.90. The van der Waals surface area contributed by atoms with E-state index in [-0.39, 0.29) is 41.2 Å². The molecule has 1 unspecified atom stereocenters. The monoisotopic (exact) mass is 439 g/mol. The maximum absolute atomic E-state index is 13.5. The number of aryl methyl sites for hydroxylation is 1. The molecule has 10 heteroatoms. The highest BCUT2D eigenvalue weighted by Crippen LogP contribution is 2.46. The van der Waals surface area contributed by atoms with E-state index in [1.54, 1.807) is 0 Å². The van der Waals surface area contributed by atoms with Gasteiger partial charge in [-0.15, -0.1) is 8.78 Å². The molecule has 1 N–H and O–H groups in total. The molecule has 4 aromatic rings. The number of fused-ring (bicyclic) bond motifs is 4. The number of carboxylic acids is 1. The van der Waals surface area contributed by atoms with Crippen LogP contribution < -0.4 is 9.47 Å². The Kier molecular flexibility index (Phi) is 3.83. The molecule has 0 radical (unpaired) electrons. The van der Waals surface area contributed by atoms with Crippen LogP contribution in [0.2, 0.25) is 0 Å². The van der Waals surface area contributed by atoms with E-state index in [4.69, 9.17) is 4.52 Å². The van der Waals surface area contributed by atoms with E-state index in [2.05, 4.69) is 30.2 Å². The summed E-state index contributed by atoms with van der Waals surface area (Å²) in [5.74, 6) is -0.822. The highest BCUT2D eigenvalue weighted by Gasteiger charge is 2.45. The lowest BCUT2D eigenvalue weighted by Gasteiger charge is -2.13. The van der Waals surface area contributed by atoms with Gasteiger partial charge in [-0.1, -0.05) is 23.4 Å². The normalized spacial score (nSPS) is 18.2. The molecule has 2 aliphatic rings. The van der Waals surface area contributed by atoms with Crippen molar-refractivity contribution in [1.29, 1.82) is 0 Å². The molecule has 0 amide bonds. The molecule has 0 spiro atoms. The highest BCUT2D eigenvalue weighted by atomic mass is 19.3. The zero-order valence-corrected chi connectivity index (χ0v) is 16.4. The van der Waals surface area contributed by atoms with Crippen molar-refractivity contribution in [3.63, 3.8) is 0 Å². The average molecular weight is 439 g/mol. The number of hydrogen-bond donors (Lipinski definition) is 1. The molecule has 0 aliphatic carbocycles. The maximum atomic E-state index is 13.5. The molecule has 0 bridgehead atoms. The molecule has 162 valence electrons.